The van der Waals surface area contributed by atoms with Crippen LogP contribution in [0.5, 0.6) is 11.5 Å². The molecule has 0 aliphatic heterocycles. The number of carbonyl (C=O) groups excluding carboxylic acids is 1. The molecule has 0 aliphatic carbocycles. The van der Waals surface area contributed by atoms with Crippen molar-refractivity contribution in [2.75, 3.05) is 13.7 Å². The summed E-state index contributed by atoms with van der Waals surface area (Å²) in [4.78, 5) is 11.9. The minimum Gasteiger partial charge on any atom is -0.497 e. The highest BCUT2D eigenvalue weighted by Crippen LogP contribution is 2.19. The molecule has 4 nitrogen and oxygen atoms in total. The highest BCUT2D eigenvalue weighted by atomic mass is 19.1. The number of hydrogen-bond acceptors (Lipinski definition) is 3. The van der Waals surface area contributed by atoms with Gasteiger partial charge in [-0.1, -0.05) is 6.07 Å². The lowest BCUT2D eigenvalue weighted by Gasteiger charge is -2.15. The number of nitrogens with one attached hydrogen (secondary N) is 1. The van der Waals surface area contributed by atoms with Crippen LogP contribution in [0.15, 0.2) is 42.5 Å². The monoisotopic (exact) mass is 349 g/mol. The molecule has 2 aromatic carbocycles. The topological polar surface area (TPSA) is 47.6 Å². The SMILES string of the molecule is COc1ccc(OCCCC(=O)NC(C)c2ccc(F)cc2F)cc1. The van der Waals surface area contributed by atoms with Crippen molar-refractivity contribution in [3.05, 3.63) is 59.7 Å². The number of halogens is 2. The van der Waals surface area contributed by atoms with Gasteiger partial charge in [-0.2, -0.15) is 0 Å². The summed E-state index contributed by atoms with van der Waals surface area (Å²) in [5, 5.41) is 2.70. The number of ether oxygens (including phenoxy) is 2. The standard InChI is InChI=1S/C19H21F2NO3/c1-13(17-10-5-14(20)12-18(17)21)22-19(23)4-3-11-25-16-8-6-15(24-2)7-9-16/h5-10,12-13H,3-4,11H2,1-2H3,(H,22,23). The first-order valence-corrected chi connectivity index (χ1v) is 8.00. The highest BCUT2D eigenvalue weighted by Gasteiger charge is 2.14. The van der Waals surface area contributed by atoms with Gasteiger partial charge < -0.3 is 14.8 Å². The van der Waals surface area contributed by atoms with E-state index >= 15 is 0 Å². The van der Waals surface area contributed by atoms with Gasteiger partial charge in [-0.3, -0.25) is 4.79 Å². The Morgan fingerprint density at radius 1 is 1.12 bits per heavy atom. The van der Waals surface area contributed by atoms with Gasteiger partial charge in [0, 0.05) is 18.1 Å². The summed E-state index contributed by atoms with van der Waals surface area (Å²) in [5.74, 6) is -0.0858. The van der Waals surface area contributed by atoms with E-state index in [-0.39, 0.29) is 17.9 Å². The van der Waals surface area contributed by atoms with Crippen LogP contribution in [0.4, 0.5) is 8.78 Å². The molecule has 1 atom stereocenters. The maximum atomic E-state index is 13.7. The number of benzene rings is 2. The van der Waals surface area contributed by atoms with E-state index in [1.165, 1.54) is 12.1 Å². The summed E-state index contributed by atoms with van der Waals surface area (Å²) >= 11 is 0. The van der Waals surface area contributed by atoms with E-state index in [4.69, 9.17) is 9.47 Å². The van der Waals surface area contributed by atoms with Crippen molar-refractivity contribution in [2.24, 2.45) is 0 Å². The fraction of sp³-hybridized carbons (Fsp3) is 0.316. The third-order valence-corrected chi connectivity index (χ3v) is 3.68. The Labute approximate surface area is 145 Å². The van der Waals surface area contributed by atoms with Gasteiger partial charge in [0.15, 0.2) is 0 Å². The van der Waals surface area contributed by atoms with Crippen molar-refractivity contribution >= 4 is 5.91 Å². The van der Waals surface area contributed by atoms with Crippen molar-refractivity contribution in [2.45, 2.75) is 25.8 Å². The maximum Gasteiger partial charge on any atom is 0.220 e. The third-order valence-electron chi connectivity index (χ3n) is 3.68. The quantitative estimate of drug-likeness (QED) is 0.733. The lowest BCUT2D eigenvalue weighted by Crippen LogP contribution is -2.27. The molecule has 0 spiro atoms. The van der Waals surface area contributed by atoms with E-state index in [0.717, 1.165) is 11.8 Å². The van der Waals surface area contributed by atoms with Crippen molar-refractivity contribution in [3.8, 4) is 11.5 Å². The molecule has 1 amide bonds. The number of carbonyl (C=O) groups is 1. The van der Waals surface area contributed by atoms with Gasteiger partial charge >= 0.3 is 0 Å². The van der Waals surface area contributed by atoms with Gasteiger partial charge in [-0.25, -0.2) is 8.78 Å². The van der Waals surface area contributed by atoms with Crippen molar-refractivity contribution < 1.29 is 23.0 Å². The van der Waals surface area contributed by atoms with Crippen LogP contribution in [0.25, 0.3) is 0 Å². The van der Waals surface area contributed by atoms with E-state index in [1.807, 2.05) is 0 Å². The van der Waals surface area contributed by atoms with Crippen molar-refractivity contribution in [1.29, 1.82) is 0 Å². The second-order valence-electron chi connectivity index (χ2n) is 5.58. The summed E-state index contributed by atoms with van der Waals surface area (Å²) in [6.07, 6.45) is 0.778. The van der Waals surface area contributed by atoms with Crippen LogP contribution in [0.1, 0.15) is 31.4 Å². The zero-order valence-electron chi connectivity index (χ0n) is 14.2. The first-order valence-electron chi connectivity index (χ1n) is 8.00. The van der Waals surface area contributed by atoms with Crippen molar-refractivity contribution in [1.82, 2.24) is 5.32 Å². The number of methoxy groups -OCH3 is 1. The van der Waals surface area contributed by atoms with E-state index in [9.17, 15) is 13.6 Å². The van der Waals surface area contributed by atoms with Crippen LogP contribution in [0.2, 0.25) is 0 Å². The van der Waals surface area contributed by atoms with Gasteiger partial charge in [-0.05, 0) is 43.7 Å². The predicted octanol–water partition coefficient (Wildman–Crippen LogP) is 4.01. The molecule has 6 heteroatoms. The molecule has 0 heterocycles. The molecule has 0 aliphatic rings. The molecule has 1 N–H and O–H groups in total. The Kier molecular flexibility index (Phi) is 6.74. The molecule has 0 bridgehead atoms. The van der Waals surface area contributed by atoms with E-state index in [0.29, 0.717) is 18.8 Å². The summed E-state index contributed by atoms with van der Waals surface area (Å²) in [6.45, 7) is 2.04. The minimum absolute atomic E-state index is 0.213. The maximum absolute atomic E-state index is 13.7. The molecule has 25 heavy (non-hydrogen) atoms. The fourth-order valence-electron chi connectivity index (χ4n) is 2.34. The van der Waals surface area contributed by atoms with Gasteiger partial charge in [0.2, 0.25) is 5.91 Å². The normalized spacial score (nSPS) is 11.7. The molecular weight excluding hydrogens is 328 g/mol. The number of hydrogen-bond donors (Lipinski definition) is 1. The van der Waals surface area contributed by atoms with Gasteiger partial charge in [0.05, 0.1) is 19.8 Å². The zero-order chi connectivity index (χ0) is 18.2. The fourth-order valence-corrected chi connectivity index (χ4v) is 2.34. The van der Waals surface area contributed by atoms with Crippen LogP contribution in [-0.4, -0.2) is 19.6 Å². The van der Waals surface area contributed by atoms with Crippen LogP contribution in [-0.2, 0) is 4.79 Å². The number of amides is 1. The summed E-state index contributed by atoms with van der Waals surface area (Å²) in [7, 11) is 1.59. The second kappa shape index (κ2) is 9.01. The zero-order valence-corrected chi connectivity index (χ0v) is 14.2. The molecule has 134 valence electrons. The first kappa shape index (κ1) is 18.7. The first-order chi connectivity index (χ1) is 12.0. The van der Waals surface area contributed by atoms with Gasteiger partial charge in [0.1, 0.15) is 23.1 Å². The molecule has 0 saturated carbocycles. The molecule has 2 rings (SSSR count). The van der Waals surface area contributed by atoms with E-state index in [1.54, 1.807) is 38.3 Å². The Morgan fingerprint density at radius 2 is 1.80 bits per heavy atom. The van der Waals surface area contributed by atoms with E-state index in [2.05, 4.69) is 5.32 Å². The minimum atomic E-state index is -0.671. The molecule has 0 saturated heterocycles. The number of rotatable bonds is 8. The Morgan fingerprint density at radius 3 is 2.44 bits per heavy atom. The lowest BCUT2D eigenvalue weighted by molar-refractivity contribution is -0.121. The Balaban J connectivity index is 1.72. The summed E-state index contributed by atoms with van der Waals surface area (Å²) < 4.78 is 37.2. The molecule has 0 radical (unpaired) electrons. The average Bonchev–Trinajstić information content (AvgIpc) is 2.59. The van der Waals surface area contributed by atoms with Gasteiger partial charge in [0.25, 0.3) is 0 Å². The lowest BCUT2D eigenvalue weighted by atomic mass is 10.1. The average molecular weight is 349 g/mol. The largest absolute Gasteiger partial charge is 0.497 e. The summed E-state index contributed by atoms with van der Waals surface area (Å²) in [6, 6.07) is 9.95. The Bertz CT molecular complexity index is 704. The highest BCUT2D eigenvalue weighted by molar-refractivity contribution is 5.76. The third kappa shape index (κ3) is 5.74. The Hall–Kier alpha value is -2.63. The summed E-state index contributed by atoms with van der Waals surface area (Å²) in [5.41, 5.74) is 0.254. The smallest absolute Gasteiger partial charge is 0.220 e. The molecule has 2 aromatic rings. The van der Waals surface area contributed by atoms with Crippen LogP contribution < -0.4 is 14.8 Å². The molecular formula is C19H21F2NO3. The van der Waals surface area contributed by atoms with Crippen LogP contribution in [0.3, 0.4) is 0 Å². The van der Waals surface area contributed by atoms with Crippen molar-refractivity contribution in [3.63, 3.8) is 0 Å². The molecule has 0 fully saturated rings. The molecule has 1 unspecified atom stereocenters. The molecule has 0 aromatic heterocycles. The van der Waals surface area contributed by atoms with Gasteiger partial charge in [-0.15, -0.1) is 0 Å². The van der Waals surface area contributed by atoms with E-state index < -0.39 is 17.7 Å². The van der Waals surface area contributed by atoms with Crippen LogP contribution >= 0.6 is 0 Å². The second-order valence-corrected chi connectivity index (χ2v) is 5.58. The predicted molar refractivity (Wildman–Crippen MR) is 90.6 cm³/mol. The van der Waals surface area contributed by atoms with Crippen LogP contribution in [0, 0.1) is 11.6 Å².